The van der Waals surface area contributed by atoms with E-state index in [9.17, 15) is 13.6 Å². The minimum Gasteiger partial charge on any atom is -0.298 e. The number of nitriles is 1. The molecule has 0 aliphatic carbocycles. The van der Waals surface area contributed by atoms with Crippen LogP contribution < -0.4 is 0 Å². The van der Waals surface area contributed by atoms with Crippen LogP contribution in [-0.2, 0) is 6.42 Å². The summed E-state index contributed by atoms with van der Waals surface area (Å²) in [6, 6.07) is 3.32. The monoisotopic (exact) mass is 181 g/mol. The molecular formula is C9H5F2NO. The van der Waals surface area contributed by atoms with Crippen LogP contribution in [0.3, 0.4) is 0 Å². The average Bonchev–Trinajstić information content (AvgIpc) is 2.04. The van der Waals surface area contributed by atoms with E-state index >= 15 is 0 Å². The van der Waals surface area contributed by atoms with Gasteiger partial charge in [-0.25, -0.2) is 8.78 Å². The Morgan fingerprint density at radius 2 is 2.15 bits per heavy atom. The van der Waals surface area contributed by atoms with E-state index in [1.807, 2.05) is 0 Å². The minimum atomic E-state index is -0.930. The fourth-order valence-corrected chi connectivity index (χ4v) is 1.00. The Morgan fingerprint density at radius 3 is 2.69 bits per heavy atom. The lowest BCUT2D eigenvalue weighted by Crippen LogP contribution is -1.97. The van der Waals surface area contributed by atoms with Crippen LogP contribution in [0.1, 0.15) is 15.9 Å². The highest BCUT2D eigenvalue weighted by atomic mass is 19.1. The van der Waals surface area contributed by atoms with E-state index in [2.05, 4.69) is 0 Å². The van der Waals surface area contributed by atoms with Gasteiger partial charge in [-0.15, -0.1) is 0 Å². The third-order valence-corrected chi connectivity index (χ3v) is 1.57. The SMILES string of the molecule is N#CCc1cc(F)cc(F)c1C=O. The maximum Gasteiger partial charge on any atom is 0.153 e. The van der Waals surface area contributed by atoms with E-state index in [1.165, 1.54) is 0 Å². The van der Waals surface area contributed by atoms with Crippen molar-refractivity contribution in [1.82, 2.24) is 0 Å². The lowest BCUT2D eigenvalue weighted by Gasteiger charge is -2.01. The number of halogens is 2. The standard InChI is InChI=1S/C9H5F2NO/c10-7-3-6(1-2-12)8(5-13)9(11)4-7/h3-5H,1H2. The molecule has 0 radical (unpaired) electrons. The first-order valence-electron chi connectivity index (χ1n) is 3.49. The predicted octanol–water partition coefficient (Wildman–Crippen LogP) is 1.84. The molecule has 0 saturated carbocycles. The molecule has 4 heteroatoms. The molecule has 2 nitrogen and oxygen atoms in total. The van der Waals surface area contributed by atoms with Crippen LogP contribution >= 0.6 is 0 Å². The average molecular weight is 181 g/mol. The molecule has 0 N–H and O–H groups in total. The van der Waals surface area contributed by atoms with Crippen molar-refractivity contribution in [2.45, 2.75) is 6.42 Å². The zero-order valence-corrected chi connectivity index (χ0v) is 6.55. The second kappa shape index (κ2) is 3.76. The summed E-state index contributed by atoms with van der Waals surface area (Å²) in [5, 5.41) is 8.31. The second-order valence-corrected chi connectivity index (χ2v) is 2.41. The van der Waals surface area contributed by atoms with Gasteiger partial charge in [0.05, 0.1) is 18.1 Å². The molecule has 0 spiro atoms. The highest BCUT2D eigenvalue weighted by Crippen LogP contribution is 2.14. The Bertz CT molecular complexity index is 382. The summed E-state index contributed by atoms with van der Waals surface area (Å²) in [6.07, 6.45) is 0.101. The maximum absolute atomic E-state index is 12.9. The summed E-state index contributed by atoms with van der Waals surface area (Å²) in [4.78, 5) is 10.4. The Hall–Kier alpha value is -1.76. The zero-order valence-electron chi connectivity index (χ0n) is 6.55. The number of hydrogen-bond acceptors (Lipinski definition) is 2. The van der Waals surface area contributed by atoms with Crippen LogP contribution in [-0.4, -0.2) is 6.29 Å². The van der Waals surface area contributed by atoms with Crippen molar-refractivity contribution < 1.29 is 13.6 Å². The van der Waals surface area contributed by atoms with Crippen molar-refractivity contribution in [3.63, 3.8) is 0 Å². The van der Waals surface area contributed by atoms with Crippen LogP contribution in [0, 0.1) is 23.0 Å². The van der Waals surface area contributed by atoms with E-state index in [-0.39, 0.29) is 23.8 Å². The van der Waals surface area contributed by atoms with Crippen molar-refractivity contribution in [1.29, 1.82) is 5.26 Å². The molecule has 0 fully saturated rings. The highest BCUT2D eigenvalue weighted by Gasteiger charge is 2.09. The normalized spacial score (nSPS) is 9.31. The maximum atomic E-state index is 12.9. The summed E-state index contributed by atoms with van der Waals surface area (Å²) < 4.78 is 25.5. The third kappa shape index (κ3) is 1.88. The van der Waals surface area contributed by atoms with Gasteiger partial charge < -0.3 is 0 Å². The molecule has 0 aromatic heterocycles. The third-order valence-electron chi connectivity index (χ3n) is 1.57. The van der Waals surface area contributed by atoms with Crippen LogP contribution in [0.2, 0.25) is 0 Å². The minimum absolute atomic E-state index is 0.0787. The van der Waals surface area contributed by atoms with E-state index in [0.717, 1.165) is 6.07 Å². The molecule has 0 atom stereocenters. The molecule has 0 unspecified atom stereocenters. The van der Waals surface area contributed by atoms with Crippen molar-refractivity contribution in [3.05, 3.63) is 34.9 Å². The fourth-order valence-electron chi connectivity index (χ4n) is 1.00. The molecule has 66 valence electrons. The predicted molar refractivity (Wildman–Crippen MR) is 41.1 cm³/mol. The number of rotatable bonds is 2. The topological polar surface area (TPSA) is 40.9 Å². The Kier molecular flexibility index (Phi) is 2.70. The molecule has 13 heavy (non-hydrogen) atoms. The molecule has 0 amide bonds. The van der Waals surface area contributed by atoms with Gasteiger partial charge in [0.25, 0.3) is 0 Å². The van der Waals surface area contributed by atoms with Gasteiger partial charge in [-0.1, -0.05) is 0 Å². The fraction of sp³-hybridized carbons (Fsp3) is 0.111. The Balaban J connectivity index is 3.30. The van der Waals surface area contributed by atoms with E-state index in [4.69, 9.17) is 5.26 Å². The Morgan fingerprint density at radius 1 is 1.46 bits per heavy atom. The summed E-state index contributed by atoms with van der Waals surface area (Å²) in [5.74, 6) is -1.71. The van der Waals surface area contributed by atoms with Gasteiger partial charge in [-0.05, 0) is 11.6 Å². The lowest BCUT2D eigenvalue weighted by molar-refractivity contribution is 0.111. The summed E-state index contributed by atoms with van der Waals surface area (Å²) in [6.45, 7) is 0. The van der Waals surface area contributed by atoms with E-state index in [1.54, 1.807) is 6.07 Å². The van der Waals surface area contributed by atoms with Gasteiger partial charge in [-0.3, -0.25) is 4.79 Å². The molecule has 0 aliphatic heterocycles. The smallest absolute Gasteiger partial charge is 0.153 e. The van der Waals surface area contributed by atoms with Crippen LogP contribution in [0.5, 0.6) is 0 Å². The number of aldehydes is 1. The van der Waals surface area contributed by atoms with Crippen LogP contribution in [0.15, 0.2) is 12.1 Å². The quantitative estimate of drug-likeness (QED) is 0.653. The van der Waals surface area contributed by atoms with Crippen molar-refractivity contribution in [2.24, 2.45) is 0 Å². The largest absolute Gasteiger partial charge is 0.298 e. The first-order chi connectivity index (χ1) is 6.19. The number of hydrogen-bond donors (Lipinski definition) is 0. The van der Waals surface area contributed by atoms with Gasteiger partial charge in [0.1, 0.15) is 11.6 Å². The van der Waals surface area contributed by atoms with Crippen LogP contribution in [0.25, 0.3) is 0 Å². The first kappa shape index (κ1) is 9.33. The van der Waals surface area contributed by atoms with E-state index in [0.29, 0.717) is 6.07 Å². The van der Waals surface area contributed by atoms with Gasteiger partial charge in [0.2, 0.25) is 0 Å². The van der Waals surface area contributed by atoms with Crippen molar-refractivity contribution >= 4 is 6.29 Å². The van der Waals surface area contributed by atoms with E-state index < -0.39 is 11.6 Å². The second-order valence-electron chi connectivity index (χ2n) is 2.41. The molecule has 1 aromatic rings. The van der Waals surface area contributed by atoms with Gasteiger partial charge in [0.15, 0.2) is 6.29 Å². The summed E-state index contributed by atoms with van der Waals surface area (Å²) >= 11 is 0. The van der Waals surface area contributed by atoms with Gasteiger partial charge in [-0.2, -0.15) is 5.26 Å². The van der Waals surface area contributed by atoms with Crippen LogP contribution in [0.4, 0.5) is 8.78 Å². The Labute approximate surface area is 73.4 Å². The molecule has 0 bridgehead atoms. The number of nitrogens with zero attached hydrogens (tertiary/aromatic N) is 1. The number of benzene rings is 1. The molecule has 1 rings (SSSR count). The molecule has 0 heterocycles. The lowest BCUT2D eigenvalue weighted by atomic mass is 10.1. The number of carbonyl (C=O) groups excluding carboxylic acids is 1. The summed E-state index contributed by atoms with van der Waals surface area (Å²) in [7, 11) is 0. The first-order valence-corrected chi connectivity index (χ1v) is 3.49. The van der Waals surface area contributed by atoms with Gasteiger partial charge >= 0.3 is 0 Å². The molecule has 0 aliphatic rings. The highest BCUT2D eigenvalue weighted by molar-refractivity contribution is 5.77. The molecule has 0 saturated heterocycles. The number of carbonyl (C=O) groups is 1. The summed E-state index contributed by atoms with van der Waals surface area (Å²) in [5.41, 5.74) is -0.169. The molecule has 1 aromatic carbocycles. The van der Waals surface area contributed by atoms with Gasteiger partial charge in [0, 0.05) is 6.07 Å². The molecular weight excluding hydrogens is 176 g/mol. The zero-order chi connectivity index (χ0) is 9.84. The van der Waals surface area contributed by atoms with Crippen molar-refractivity contribution in [2.75, 3.05) is 0 Å². The van der Waals surface area contributed by atoms with Crippen molar-refractivity contribution in [3.8, 4) is 6.07 Å².